The van der Waals surface area contributed by atoms with Crippen molar-refractivity contribution in [3.63, 3.8) is 0 Å². The molecule has 0 radical (unpaired) electrons. The lowest BCUT2D eigenvalue weighted by Gasteiger charge is -2.21. The number of nitrogens with one attached hydrogen (secondary N) is 1. The van der Waals surface area contributed by atoms with Gasteiger partial charge in [-0.1, -0.05) is 26.0 Å². The maximum absolute atomic E-state index is 11.7. The number of aliphatic hydroxyl groups excluding tert-OH is 1. The van der Waals surface area contributed by atoms with Crippen LogP contribution in [0.25, 0.3) is 0 Å². The Kier molecular flexibility index (Phi) is 4.29. The predicted molar refractivity (Wildman–Crippen MR) is 59.1 cm³/mol. The Morgan fingerprint density at radius 1 is 1.60 bits per heavy atom. The summed E-state index contributed by atoms with van der Waals surface area (Å²) in [5, 5.41) is 11.9. The van der Waals surface area contributed by atoms with Gasteiger partial charge in [-0.2, -0.15) is 0 Å². The summed E-state index contributed by atoms with van der Waals surface area (Å²) >= 11 is 0. The molecule has 0 aromatic heterocycles. The number of hydrogen-bond donors (Lipinski definition) is 3. The monoisotopic (exact) mass is 212 g/mol. The molecule has 1 aliphatic rings. The Morgan fingerprint density at radius 3 is 2.67 bits per heavy atom. The number of rotatable bonds is 4. The molecular formula is C11H20N2O2. The molecule has 1 amide bonds. The normalized spacial score (nSPS) is 27.0. The first kappa shape index (κ1) is 12.2. The Morgan fingerprint density at radius 2 is 2.27 bits per heavy atom. The van der Waals surface area contributed by atoms with Gasteiger partial charge in [-0.05, 0) is 12.3 Å². The summed E-state index contributed by atoms with van der Waals surface area (Å²) < 4.78 is 0. The molecule has 0 aromatic rings. The SMILES string of the molecule is CC(C)C(CO)NC(=O)C1C=CC(N)C1. The van der Waals surface area contributed by atoms with Crippen LogP contribution in [0, 0.1) is 11.8 Å². The van der Waals surface area contributed by atoms with Crippen molar-refractivity contribution in [2.75, 3.05) is 6.61 Å². The molecule has 0 bridgehead atoms. The van der Waals surface area contributed by atoms with E-state index in [0.29, 0.717) is 6.42 Å². The van der Waals surface area contributed by atoms with Crippen LogP contribution >= 0.6 is 0 Å². The van der Waals surface area contributed by atoms with Crippen LogP contribution in [0.1, 0.15) is 20.3 Å². The third kappa shape index (κ3) is 3.32. The van der Waals surface area contributed by atoms with Crippen molar-refractivity contribution < 1.29 is 9.90 Å². The molecule has 86 valence electrons. The minimum atomic E-state index is -0.164. The minimum absolute atomic E-state index is 0.00706. The molecule has 0 spiro atoms. The van der Waals surface area contributed by atoms with Crippen LogP contribution in [0.5, 0.6) is 0 Å². The summed E-state index contributed by atoms with van der Waals surface area (Å²) in [5.74, 6) is 0.0674. The third-order valence-corrected chi connectivity index (χ3v) is 2.78. The van der Waals surface area contributed by atoms with Crippen molar-refractivity contribution in [1.29, 1.82) is 0 Å². The van der Waals surface area contributed by atoms with E-state index >= 15 is 0 Å². The highest BCUT2D eigenvalue weighted by molar-refractivity contribution is 5.81. The molecule has 0 heterocycles. The van der Waals surface area contributed by atoms with Gasteiger partial charge in [0.2, 0.25) is 5.91 Å². The second-order valence-corrected chi connectivity index (χ2v) is 4.43. The zero-order valence-electron chi connectivity index (χ0n) is 9.31. The van der Waals surface area contributed by atoms with Crippen LogP contribution in [0.3, 0.4) is 0 Å². The minimum Gasteiger partial charge on any atom is -0.394 e. The smallest absolute Gasteiger partial charge is 0.227 e. The molecule has 4 heteroatoms. The first-order valence-corrected chi connectivity index (χ1v) is 5.39. The van der Waals surface area contributed by atoms with Crippen LogP contribution in [0.15, 0.2) is 12.2 Å². The fourth-order valence-electron chi connectivity index (χ4n) is 1.63. The van der Waals surface area contributed by atoms with Gasteiger partial charge >= 0.3 is 0 Å². The number of carbonyl (C=O) groups excluding carboxylic acids is 1. The second-order valence-electron chi connectivity index (χ2n) is 4.43. The van der Waals surface area contributed by atoms with Gasteiger partial charge in [-0.25, -0.2) is 0 Å². The molecule has 0 saturated heterocycles. The quantitative estimate of drug-likeness (QED) is 0.575. The van der Waals surface area contributed by atoms with E-state index < -0.39 is 0 Å². The van der Waals surface area contributed by atoms with Gasteiger partial charge in [0.1, 0.15) is 0 Å². The molecule has 4 nitrogen and oxygen atoms in total. The van der Waals surface area contributed by atoms with E-state index in [1.165, 1.54) is 0 Å². The van der Waals surface area contributed by atoms with Crippen molar-refractivity contribution in [1.82, 2.24) is 5.32 Å². The van der Waals surface area contributed by atoms with Gasteiger partial charge in [0, 0.05) is 6.04 Å². The largest absolute Gasteiger partial charge is 0.394 e. The van der Waals surface area contributed by atoms with E-state index in [1.807, 2.05) is 26.0 Å². The Bertz CT molecular complexity index is 251. The summed E-state index contributed by atoms with van der Waals surface area (Å²) in [5.41, 5.74) is 5.67. The standard InChI is InChI=1S/C11H20N2O2/c1-7(2)10(6-14)13-11(15)8-3-4-9(12)5-8/h3-4,7-10,14H,5-6,12H2,1-2H3,(H,13,15). The molecule has 0 fully saturated rings. The first-order valence-electron chi connectivity index (χ1n) is 5.39. The summed E-state index contributed by atoms with van der Waals surface area (Å²) in [6.45, 7) is 3.92. The molecular weight excluding hydrogens is 192 g/mol. The lowest BCUT2D eigenvalue weighted by molar-refractivity contribution is -0.125. The van der Waals surface area contributed by atoms with Gasteiger partial charge in [0.05, 0.1) is 18.6 Å². The van der Waals surface area contributed by atoms with Crippen molar-refractivity contribution in [3.8, 4) is 0 Å². The van der Waals surface area contributed by atoms with Crippen LogP contribution in [0.4, 0.5) is 0 Å². The summed E-state index contributed by atoms with van der Waals surface area (Å²) in [4.78, 5) is 11.7. The van der Waals surface area contributed by atoms with Gasteiger partial charge in [0.25, 0.3) is 0 Å². The zero-order chi connectivity index (χ0) is 11.4. The number of aliphatic hydroxyl groups is 1. The Hall–Kier alpha value is -0.870. The summed E-state index contributed by atoms with van der Waals surface area (Å²) in [6.07, 6.45) is 4.37. The van der Waals surface area contributed by atoms with E-state index in [9.17, 15) is 4.79 Å². The van der Waals surface area contributed by atoms with Gasteiger partial charge < -0.3 is 16.2 Å². The Balaban J connectivity index is 2.44. The number of carbonyl (C=O) groups is 1. The molecule has 0 aromatic carbocycles. The van der Waals surface area contributed by atoms with Crippen LogP contribution in [0.2, 0.25) is 0 Å². The number of nitrogens with two attached hydrogens (primary N) is 1. The van der Waals surface area contributed by atoms with Crippen LogP contribution in [-0.4, -0.2) is 29.7 Å². The molecule has 1 rings (SSSR count). The molecule has 1 aliphatic carbocycles. The van der Waals surface area contributed by atoms with Crippen LogP contribution in [-0.2, 0) is 4.79 Å². The third-order valence-electron chi connectivity index (χ3n) is 2.78. The topological polar surface area (TPSA) is 75.3 Å². The van der Waals surface area contributed by atoms with E-state index in [1.54, 1.807) is 0 Å². The van der Waals surface area contributed by atoms with E-state index in [4.69, 9.17) is 10.8 Å². The van der Waals surface area contributed by atoms with Gasteiger partial charge in [-0.3, -0.25) is 4.79 Å². The highest BCUT2D eigenvalue weighted by Crippen LogP contribution is 2.16. The molecule has 0 saturated carbocycles. The van der Waals surface area contributed by atoms with E-state index in [0.717, 1.165) is 0 Å². The van der Waals surface area contributed by atoms with Crippen molar-refractivity contribution in [2.24, 2.45) is 17.6 Å². The van der Waals surface area contributed by atoms with Crippen LogP contribution < -0.4 is 11.1 Å². The van der Waals surface area contributed by atoms with E-state index in [-0.39, 0.29) is 36.4 Å². The Labute approximate surface area is 90.5 Å². The fourth-order valence-corrected chi connectivity index (χ4v) is 1.63. The molecule has 15 heavy (non-hydrogen) atoms. The van der Waals surface area contributed by atoms with Crippen molar-refractivity contribution in [2.45, 2.75) is 32.4 Å². The summed E-state index contributed by atoms with van der Waals surface area (Å²) in [7, 11) is 0. The highest BCUT2D eigenvalue weighted by atomic mass is 16.3. The molecule has 4 N–H and O–H groups in total. The average molecular weight is 212 g/mol. The van der Waals surface area contributed by atoms with Gasteiger partial charge in [0.15, 0.2) is 0 Å². The zero-order valence-corrected chi connectivity index (χ0v) is 9.31. The highest BCUT2D eigenvalue weighted by Gasteiger charge is 2.25. The van der Waals surface area contributed by atoms with Crippen molar-refractivity contribution >= 4 is 5.91 Å². The lowest BCUT2D eigenvalue weighted by Crippen LogP contribution is -2.43. The molecule has 0 aliphatic heterocycles. The van der Waals surface area contributed by atoms with Crippen molar-refractivity contribution in [3.05, 3.63) is 12.2 Å². The van der Waals surface area contributed by atoms with Gasteiger partial charge in [-0.15, -0.1) is 0 Å². The second kappa shape index (κ2) is 5.28. The molecule has 3 unspecified atom stereocenters. The number of hydrogen-bond acceptors (Lipinski definition) is 3. The summed E-state index contributed by atoms with van der Waals surface area (Å²) in [6, 6.07) is -0.171. The first-order chi connectivity index (χ1) is 7.04. The maximum atomic E-state index is 11.7. The maximum Gasteiger partial charge on any atom is 0.227 e. The number of amides is 1. The molecule has 3 atom stereocenters. The fraction of sp³-hybridized carbons (Fsp3) is 0.727. The lowest BCUT2D eigenvalue weighted by atomic mass is 10.0. The van der Waals surface area contributed by atoms with E-state index in [2.05, 4.69) is 5.32 Å². The predicted octanol–water partition coefficient (Wildman–Crippen LogP) is 0.0229. The average Bonchev–Trinajstić information content (AvgIpc) is 2.60.